The average molecular weight is 1100 g/mol. The van der Waals surface area contributed by atoms with Crippen molar-refractivity contribution in [2.75, 3.05) is 13.2 Å². The van der Waals surface area contributed by atoms with E-state index in [0.29, 0.717) is 19.3 Å². The van der Waals surface area contributed by atoms with Gasteiger partial charge in [-0.05, 0) is 89.9 Å². The Balaban J connectivity index is 3.92. The third kappa shape index (κ3) is 65.5. The molecule has 0 spiro atoms. The molecule has 0 aliphatic heterocycles. The Morgan fingerprint density at radius 2 is 0.494 bits per heavy atom. The quantitative estimate of drug-likeness (QED) is 0.0261. The van der Waals surface area contributed by atoms with E-state index in [2.05, 4.69) is 93.7 Å². The van der Waals surface area contributed by atoms with Crippen LogP contribution in [-0.2, 0) is 28.6 Å². The molecule has 0 aromatic heterocycles. The van der Waals surface area contributed by atoms with Crippen LogP contribution in [0.5, 0.6) is 0 Å². The Labute approximate surface area is 491 Å². The molecule has 0 saturated carbocycles. The van der Waals surface area contributed by atoms with Crippen LogP contribution in [0.4, 0.5) is 0 Å². The van der Waals surface area contributed by atoms with E-state index in [1.165, 1.54) is 218 Å². The number of carbonyl (C=O) groups excluding carboxylic acids is 3. The first-order valence-electron chi connectivity index (χ1n) is 34.4. The van der Waals surface area contributed by atoms with Crippen LogP contribution in [0.25, 0.3) is 0 Å². The van der Waals surface area contributed by atoms with E-state index in [1.54, 1.807) is 0 Å². The molecule has 0 aromatic carbocycles. The van der Waals surface area contributed by atoms with Crippen molar-refractivity contribution in [1.82, 2.24) is 0 Å². The van der Waals surface area contributed by atoms with Crippen molar-refractivity contribution in [2.24, 2.45) is 0 Å². The Bertz CT molecular complexity index is 1450. The van der Waals surface area contributed by atoms with Gasteiger partial charge in [0.2, 0.25) is 0 Å². The third-order valence-electron chi connectivity index (χ3n) is 15.2. The molecule has 1 atom stereocenters. The van der Waals surface area contributed by atoms with Crippen molar-refractivity contribution in [3.8, 4) is 0 Å². The number of allylic oxidation sites excluding steroid dienone is 12. The predicted molar refractivity (Wildman–Crippen MR) is 344 cm³/mol. The standard InChI is InChI=1S/C73H130O6/c1-4-7-10-13-15-17-19-21-23-25-27-29-30-31-32-33-34-35-36-37-38-39-40-41-42-44-45-47-49-51-53-55-57-60-63-66-72(75)78-69-70(68-77-71(74)65-62-59-12-9-6-3)79-73(76)67-64-61-58-56-54-52-50-48-46-43-28-26-24-22-20-18-16-14-11-8-5-2/h7,10,15,17,21,23,26-29,31-32,70H,4-6,8-9,11-14,16,18-20,22,24-25,30,33-69H2,1-3H3/b10-7-,17-15-,23-21-,28-26-,29-27-,32-31-. The molecule has 0 heterocycles. The topological polar surface area (TPSA) is 78.9 Å². The summed E-state index contributed by atoms with van der Waals surface area (Å²) < 4.78 is 16.8. The molecule has 0 saturated heterocycles. The summed E-state index contributed by atoms with van der Waals surface area (Å²) in [6.45, 7) is 6.49. The predicted octanol–water partition coefficient (Wildman–Crippen LogP) is 23.7. The molecule has 0 aliphatic carbocycles. The molecule has 6 heteroatoms. The highest BCUT2D eigenvalue weighted by Gasteiger charge is 2.19. The van der Waals surface area contributed by atoms with E-state index in [1.807, 2.05) is 0 Å². The number of ether oxygens (including phenoxy) is 3. The summed E-state index contributed by atoms with van der Waals surface area (Å²) in [6, 6.07) is 0. The molecule has 1 unspecified atom stereocenters. The number of esters is 3. The fourth-order valence-electron chi connectivity index (χ4n) is 10.1. The maximum atomic E-state index is 12.8. The molecule has 79 heavy (non-hydrogen) atoms. The van der Waals surface area contributed by atoms with Crippen LogP contribution < -0.4 is 0 Å². The fraction of sp³-hybridized carbons (Fsp3) is 0.795. The lowest BCUT2D eigenvalue weighted by molar-refractivity contribution is -0.167. The van der Waals surface area contributed by atoms with Gasteiger partial charge in [0.1, 0.15) is 13.2 Å². The van der Waals surface area contributed by atoms with Gasteiger partial charge in [0.05, 0.1) is 0 Å². The molecule has 0 rings (SSSR count). The van der Waals surface area contributed by atoms with E-state index < -0.39 is 6.10 Å². The van der Waals surface area contributed by atoms with Gasteiger partial charge in [-0.25, -0.2) is 0 Å². The molecule has 0 N–H and O–H groups in total. The van der Waals surface area contributed by atoms with E-state index in [9.17, 15) is 14.4 Å². The van der Waals surface area contributed by atoms with Crippen LogP contribution in [-0.4, -0.2) is 37.2 Å². The molecule has 0 aromatic rings. The van der Waals surface area contributed by atoms with Crippen molar-refractivity contribution < 1.29 is 28.6 Å². The van der Waals surface area contributed by atoms with E-state index >= 15 is 0 Å². The maximum Gasteiger partial charge on any atom is 0.306 e. The number of unbranched alkanes of at least 4 members (excludes halogenated alkanes) is 40. The van der Waals surface area contributed by atoms with Gasteiger partial charge in [0, 0.05) is 19.3 Å². The number of rotatable bonds is 63. The first-order valence-corrected chi connectivity index (χ1v) is 34.4. The molecule has 0 radical (unpaired) electrons. The minimum absolute atomic E-state index is 0.0712. The minimum atomic E-state index is -0.770. The van der Waals surface area contributed by atoms with Gasteiger partial charge in [0.15, 0.2) is 6.10 Å². The minimum Gasteiger partial charge on any atom is -0.462 e. The van der Waals surface area contributed by atoms with Crippen molar-refractivity contribution in [3.63, 3.8) is 0 Å². The highest BCUT2D eigenvalue weighted by Crippen LogP contribution is 2.18. The van der Waals surface area contributed by atoms with Gasteiger partial charge >= 0.3 is 17.9 Å². The molecular weight excluding hydrogens is 973 g/mol. The first kappa shape index (κ1) is 75.8. The first-order chi connectivity index (χ1) is 39.0. The van der Waals surface area contributed by atoms with Gasteiger partial charge in [-0.1, -0.05) is 318 Å². The lowest BCUT2D eigenvalue weighted by atomic mass is 10.0. The molecular formula is C73H130O6. The Morgan fingerprint density at radius 3 is 0.785 bits per heavy atom. The molecule has 6 nitrogen and oxygen atoms in total. The highest BCUT2D eigenvalue weighted by molar-refractivity contribution is 5.71. The zero-order valence-electron chi connectivity index (χ0n) is 52.6. The SMILES string of the molecule is CC/C=C\C/C=C\C/C=C\C/C=C\C/C=C\CCCCCCCCCCCCCCCCCCCCCC(=O)OCC(COC(=O)CCCCCCC)OC(=O)CCCCCCCCCCC/C=C\CCCCCCCCCC. The summed E-state index contributed by atoms with van der Waals surface area (Å²) in [5.41, 5.74) is 0. The Kier molecular flexibility index (Phi) is 64.7. The van der Waals surface area contributed by atoms with Gasteiger partial charge < -0.3 is 14.2 Å². The summed E-state index contributed by atoms with van der Waals surface area (Å²) in [5, 5.41) is 0. The van der Waals surface area contributed by atoms with Crippen molar-refractivity contribution >= 4 is 17.9 Å². The second-order valence-electron chi connectivity index (χ2n) is 23.1. The summed E-state index contributed by atoms with van der Waals surface area (Å²) >= 11 is 0. The molecule has 0 bridgehead atoms. The van der Waals surface area contributed by atoms with E-state index in [0.717, 1.165) is 96.3 Å². The summed E-state index contributed by atoms with van der Waals surface area (Å²) in [4.78, 5) is 38.0. The van der Waals surface area contributed by atoms with Gasteiger partial charge in [0.25, 0.3) is 0 Å². The van der Waals surface area contributed by atoms with Gasteiger partial charge in [-0.2, -0.15) is 0 Å². The zero-order valence-corrected chi connectivity index (χ0v) is 52.6. The zero-order chi connectivity index (χ0) is 57.1. The highest BCUT2D eigenvalue weighted by atomic mass is 16.6. The monoisotopic (exact) mass is 1100 g/mol. The van der Waals surface area contributed by atoms with Crippen LogP contribution >= 0.6 is 0 Å². The van der Waals surface area contributed by atoms with Crippen molar-refractivity contribution in [3.05, 3.63) is 72.9 Å². The van der Waals surface area contributed by atoms with Crippen molar-refractivity contribution in [1.29, 1.82) is 0 Å². The second kappa shape index (κ2) is 67.4. The normalized spacial score (nSPS) is 12.5. The van der Waals surface area contributed by atoms with Crippen LogP contribution in [0.15, 0.2) is 72.9 Å². The summed E-state index contributed by atoms with van der Waals surface area (Å²) in [5.74, 6) is -0.869. The third-order valence-corrected chi connectivity index (χ3v) is 15.2. The van der Waals surface area contributed by atoms with Crippen molar-refractivity contribution in [2.45, 2.75) is 361 Å². The van der Waals surface area contributed by atoms with Gasteiger partial charge in [-0.15, -0.1) is 0 Å². The summed E-state index contributed by atoms with van der Waals surface area (Å²) in [6.07, 6.45) is 88.4. The molecule has 0 fully saturated rings. The Hall–Kier alpha value is -3.15. The maximum absolute atomic E-state index is 12.8. The molecule has 0 amide bonds. The lowest BCUT2D eigenvalue weighted by Gasteiger charge is -2.18. The van der Waals surface area contributed by atoms with Crippen LogP contribution in [0.1, 0.15) is 355 Å². The van der Waals surface area contributed by atoms with E-state index in [-0.39, 0.29) is 31.1 Å². The van der Waals surface area contributed by atoms with Crippen LogP contribution in [0.2, 0.25) is 0 Å². The van der Waals surface area contributed by atoms with Crippen LogP contribution in [0.3, 0.4) is 0 Å². The number of hydrogen-bond acceptors (Lipinski definition) is 6. The molecule has 0 aliphatic rings. The summed E-state index contributed by atoms with van der Waals surface area (Å²) in [7, 11) is 0. The number of carbonyl (C=O) groups is 3. The number of hydrogen-bond donors (Lipinski definition) is 0. The smallest absolute Gasteiger partial charge is 0.306 e. The molecule has 458 valence electrons. The lowest BCUT2D eigenvalue weighted by Crippen LogP contribution is -2.30. The second-order valence-corrected chi connectivity index (χ2v) is 23.1. The Morgan fingerprint density at radius 1 is 0.266 bits per heavy atom. The fourth-order valence-corrected chi connectivity index (χ4v) is 10.1. The largest absolute Gasteiger partial charge is 0.462 e. The van der Waals surface area contributed by atoms with Crippen LogP contribution in [0, 0.1) is 0 Å². The average Bonchev–Trinajstić information content (AvgIpc) is 3.45. The van der Waals surface area contributed by atoms with E-state index in [4.69, 9.17) is 14.2 Å². The van der Waals surface area contributed by atoms with Gasteiger partial charge in [-0.3, -0.25) is 14.4 Å².